The van der Waals surface area contributed by atoms with Gasteiger partial charge in [-0.3, -0.25) is 19.3 Å². The molecule has 1 aromatic heterocycles. The van der Waals surface area contributed by atoms with Gasteiger partial charge in [0.15, 0.2) is 0 Å². The van der Waals surface area contributed by atoms with Gasteiger partial charge in [0.1, 0.15) is 0 Å². The minimum Gasteiger partial charge on any atom is -0.383 e. The summed E-state index contributed by atoms with van der Waals surface area (Å²) in [5.41, 5.74) is 3.94. The Morgan fingerprint density at radius 2 is 1.85 bits per heavy atom. The molecule has 2 heterocycles. The molecule has 0 radical (unpaired) electrons. The zero-order valence-corrected chi connectivity index (χ0v) is 16.0. The number of imide groups is 1. The van der Waals surface area contributed by atoms with E-state index in [2.05, 4.69) is 16.8 Å². The summed E-state index contributed by atoms with van der Waals surface area (Å²) in [7, 11) is 1.68. The highest BCUT2D eigenvalue weighted by Gasteiger charge is 2.28. The maximum absolute atomic E-state index is 12.5. The number of fused-ring (bicyclic) bond motifs is 1. The van der Waals surface area contributed by atoms with E-state index in [4.69, 9.17) is 4.74 Å². The molecule has 3 amide bonds. The number of aromatic nitrogens is 1. The third-order valence-electron chi connectivity index (χ3n) is 5.20. The number of hydrogen-bond acceptors (Lipinski definition) is 4. The number of nitrogens with zero attached hydrogens (tertiary/aromatic N) is 2. The van der Waals surface area contributed by atoms with E-state index in [1.807, 2.05) is 19.1 Å². The lowest BCUT2D eigenvalue weighted by atomic mass is 10.1. The standard InChI is InChI=1S/C20H25N3O4/c1-13-14(2)22(10-11-27-3)17-5-4-15(12-16(13)17)20(26)21-8-9-23-18(24)6-7-19(23)25/h4-5,12H,6-11H2,1-3H3,(H,21,26). The molecule has 0 atom stereocenters. The Labute approximate surface area is 158 Å². The van der Waals surface area contributed by atoms with E-state index >= 15 is 0 Å². The molecule has 1 fully saturated rings. The van der Waals surface area contributed by atoms with E-state index in [9.17, 15) is 14.4 Å². The summed E-state index contributed by atoms with van der Waals surface area (Å²) in [6, 6.07) is 5.64. The number of hydrogen-bond donors (Lipinski definition) is 1. The molecule has 1 aliphatic heterocycles. The van der Waals surface area contributed by atoms with Crippen LogP contribution in [0.5, 0.6) is 0 Å². The third kappa shape index (κ3) is 3.73. The van der Waals surface area contributed by atoms with E-state index < -0.39 is 0 Å². The van der Waals surface area contributed by atoms with Crippen molar-refractivity contribution in [2.24, 2.45) is 0 Å². The fourth-order valence-corrected chi connectivity index (χ4v) is 3.52. The molecule has 1 aliphatic rings. The number of carbonyl (C=O) groups excluding carboxylic acids is 3. The number of rotatable bonds is 7. The van der Waals surface area contributed by atoms with Gasteiger partial charge in [-0.2, -0.15) is 0 Å². The minimum absolute atomic E-state index is 0.167. The van der Waals surface area contributed by atoms with Crippen molar-refractivity contribution >= 4 is 28.6 Å². The molecule has 0 aliphatic carbocycles. The molecule has 1 saturated heterocycles. The van der Waals surface area contributed by atoms with E-state index in [0.29, 0.717) is 12.2 Å². The van der Waals surface area contributed by atoms with Crippen molar-refractivity contribution in [3.8, 4) is 0 Å². The second-order valence-electron chi connectivity index (χ2n) is 6.78. The van der Waals surface area contributed by atoms with Crippen molar-refractivity contribution in [3.63, 3.8) is 0 Å². The first kappa shape index (κ1) is 19.1. The smallest absolute Gasteiger partial charge is 0.251 e. The maximum atomic E-state index is 12.5. The van der Waals surface area contributed by atoms with Crippen LogP contribution in [-0.2, 0) is 20.9 Å². The number of ether oxygens (including phenoxy) is 1. The molecule has 7 heteroatoms. The topological polar surface area (TPSA) is 80.6 Å². The summed E-state index contributed by atoms with van der Waals surface area (Å²) >= 11 is 0. The third-order valence-corrected chi connectivity index (χ3v) is 5.20. The van der Waals surface area contributed by atoms with Crippen molar-refractivity contribution in [1.82, 2.24) is 14.8 Å². The van der Waals surface area contributed by atoms with E-state index in [-0.39, 0.29) is 43.7 Å². The fourth-order valence-electron chi connectivity index (χ4n) is 3.52. The summed E-state index contributed by atoms with van der Waals surface area (Å²) in [6.07, 6.45) is 0.532. The molecular formula is C20H25N3O4. The summed E-state index contributed by atoms with van der Waals surface area (Å²) < 4.78 is 7.38. The maximum Gasteiger partial charge on any atom is 0.251 e. The SMILES string of the molecule is COCCn1c(C)c(C)c2cc(C(=O)NCCN3C(=O)CCC3=O)ccc21. The lowest BCUT2D eigenvalue weighted by molar-refractivity contribution is -0.138. The highest BCUT2D eigenvalue weighted by molar-refractivity contribution is 6.02. The first-order valence-corrected chi connectivity index (χ1v) is 9.13. The fraction of sp³-hybridized carbons (Fsp3) is 0.450. The van der Waals surface area contributed by atoms with Crippen LogP contribution < -0.4 is 5.32 Å². The van der Waals surface area contributed by atoms with Crippen LogP contribution in [-0.4, -0.2) is 54.0 Å². The average molecular weight is 371 g/mol. The largest absolute Gasteiger partial charge is 0.383 e. The van der Waals surface area contributed by atoms with Crippen molar-refractivity contribution in [2.75, 3.05) is 26.8 Å². The van der Waals surface area contributed by atoms with Gasteiger partial charge >= 0.3 is 0 Å². The second kappa shape index (κ2) is 7.92. The molecule has 144 valence electrons. The summed E-state index contributed by atoms with van der Waals surface area (Å²) in [4.78, 5) is 36.9. The van der Waals surface area contributed by atoms with Crippen LogP contribution in [0.15, 0.2) is 18.2 Å². The lowest BCUT2D eigenvalue weighted by Gasteiger charge is -2.14. The lowest BCUT2D eigenvalue weighted by Crippen LogP contribution is -2.37. The van der Waals surface area contributed by atoms with Gasteiger partial charge < -0.3 is 14.6 Å². The molecular weight excluding hydrogens is 346 g/mol. The van der Waals surface area contributed by atoms with Crippen molar-refractivity contribution in [3.05, 3.63) is 35.0 Å². The van der Waals surface area contributed by atoms with Crippen LogP contribution in [0.2, 0.25) is 0 Å². The van der Waals surface area contributed by atoms with Crippen LogP contribution in [0.25, 0.3) is 10.9 Å². The van der Waals surface area contributed by atoms with Gasteiger partial charge in [-0.25, -0.2) is 0 Å². The van der Waals surface area contributed by atoms with Crippen molar-refractivity contribution < 1.29 is 19.1 Å². The summed E-state index contributed by atoms with van der Waals surface area (Å²) in [6.45, 7) is 5.97. The predicted molar refractivity (Wildman–Crippen MR) is 102 cm³/mol. The quantitative estimate of drug-likeness (QED) is 0.753. The normalized spacial score (nSPS) is 14.4. The van der Waals surface area contributed by atoms with Gasteiger partial charge in [-0.15, -0.1) is 0 Å². The molecule has 0 spiro atoms. The van der Waals surface area contributed by atoms with Crippen molar-refractivity contribution in [2.45, 2.75) is 33.2 Å². The highest BCUT2D eigenvalue weighted by Crippen LogP contribution is 2.26. The van der Waals surface area contributed by atoms with Crippen molar-refractivity contribution in [1.29, 1.82) is 0 Å². The molecule has 1 N–H and O–H groups in total. The molecule has 0 saturated carbocycles. The summed E-state index contributed by atoms with van der Waals surface area (Å²) in [5.74, 6) is -0.545. The zero-order chi connectivity index (χ0) is 19.6. The van der Waals surface area contributed by atoms with Crippen LogP contribution in [0.3, 0.4) is 0 Å². The summed E-state index contributed by atoms with van der Waals surface area (Å²) in [5, 5.41) is 3.84. The van der Waals surface area contributed by atoms with Gasteiger partial charge in [-0.05, 0) is 37.6 Å². The van der Waals surface area contributed by atoms with E-state index in [0.717, 1.165) is 28.7 Å². The number of likely N-dealkylation sites (tertiary alicyclic amines) is 1. The number of nitrogens with one attached hydrogen (secondary N) is 1. The Bertz CT molecular complexity index is 884. The predicted octanol–water partition coefficient (Wildman–Crippen LogP) is 1.78. The first-order chi connectivity index (χ1) is 12.9. The number of benzene rings is 1. The molecule has 27 heavy (non-hydrogen) atoms. The van der Waals surface area contributed by atoms with Crippen LogP contribution in [0.1, 0.15) is 34.5 Å². The van der Waals surface area contributed by atoms with Crippen LogP contribution in [0.4, 0.5) is 0 Å². The highest BCUT2D eigenvalue weighted by atomic mass is 16.5. The van der Waals surface area contributed by atoms with Gasteiger partial charge in [0.2, 0.25) is 11.8 Å². The Kier molecular flexibility index (Phi) is 5.60. The average Bonchev–Trinajstić information content (AvgIpc) is 3.10. The van der Waals surface area contributed by atoms with Gasteiger partial charge in [0.25, 0.3) is 5.91 Å². The Morgan fingerprint density at radius 1 is 1.15 bits per heavy atom. The van der Waals surface area contributed by atoms with E-state index in [1.54, 1.807) is 13.2 Å². The van der Waals surface area contributed by atoms with Gasteiger partial charge in [0.05, 0.1) is 6.61 Å². The zero-order valence-electron chi connectivity index (χ0n) is 16.0. The van der Waals surface area contributed by atoms with Gasteiger partial charge in [0, 0.05) is 61.7 Å². The minimum atomic E-state index is -0.210. The van der Waals surface area contributed by atoms with E-state index in [1.165, 1.54) is 4.90 Å². The molecule has 1 aromatic carbocycles. The van der Waals surface area contributed by atoms with Gasteiger partial charge in [-0.1, -0.05) is 0 Å². The Balaban J connectivity index is 1.71. The molecule has 0 unspecified atom stereocenters. The molecule has 2 aromatic rings. The molecule has 7 nitrogen and oxygen atoms in total. The Hall–Kier alpha value is -2.67. The van der Waals surface area contributed by atoms with Crippen LogP contribution in [0, 0.1) is 13.8 Å². The number of carbonyl (C=O) groups is 3. The number of aryl methyl sites for hydroxylation is 1. The number of amides is 3. The van der Waals surface area contributed by atoms with Crippen LogP contribution >= 0.6 is 0 Å². The molecule has 3 rings (SSSR count). The number of methoxy groups -OCH3 is 1. The first-order valence-electron chi connectivity index (χ1n) is 9.13. The monoisotopic (exact) mass is 371 g/mol. The second-order valence-corrected chi connectivity index (χ2v) is 6.78. The molecule has 0 bridgehead atoms. The Morgan fingerprint density at radius 3 is 2.52 bits per heavy atom.